The van der Waals surface area contributed by atoms with Crippen molar-refractivity contribution in [2.45, 2.75) is 52.9 Å². The van der Waals surface area contributed by atoms with E-state index in [1.807, 2.05) is 20.9 Å². The summed E-state index contributed by atoms with van der Waals surface area (Å²) in [4.78, 5) is 0. The maximum atomic E-state index is 6.05. The van der Waals surface area contributed by atoms with Crippen LogP contribution in [0.25, 0.3) is 0 Å². The van der Waals surface area contributed by atoms with Gasteiger partial charge in [0.2, 0.25) is 0 Å². The van der Waals surface area contributed by atoms with Crippen LogP contribution in [0.5, 0.6) is 0 Å². The van der Waals surface area contributed by atoms with Crippen molar-refractivity contribution in [3.63, 3.8) is 0 Å². The first-order valence-corrected chi connectivity index (χ1v) is 6.10. The van der Waals surface area contributed by atoms with Gasteiger partial charge >= 0.3 is 0 Å². The fraction of sp³-hybridized carbons (Fsp3) is 0.833. The second-order valence-corrected chi connectivity index (χ2v) is 4.01. The molecule has 15 heavy (non-hydrogen) atoms. The number of hydrogen-bond donors (Lipinski definition) is 2. The Kier molecular flexibility index (Phi) is 7.22. The van der Waals surface area contributed by atoms with Crippen molar-refractivity contribution in [2.75, 3.05) is 7.05 Å². The average molecular weight is 213 g/mol. The molecule has 1 aliphatic carbocycles. The summed E-state index contributed by atoms with van der Waals surface area (Å²) in [7, 11) is 1.87. The van der Waals surface area contributed by atoms with Crippen LogP contribution < -0.4 is 11.6 Å². The van der Waals surface area contributed by atoms with E-state index in [1.165, 1.54) is 25.7 Å². The molecule has 1 rings (SSSR count). The number of hydrazine groups is 1. The normalized spacial score (nSPS) is 27.1. The molecule has 0 aromatic rings. The van der Waals surface area contributed by atoms with Crippen LogP contribution in [0.3, 0.4) is 0 Å². The van der Waals surface area contributed by atoms with Gasteiger partial charge in [-0.25, -0.2) is 5.84 Å². The van der Waals surface area contributed by atoms with Crippen LogP contribution in [0, 0.1) is 5.92 Å². The zero-order valence-electron chi connectivity index (χ0n) is 10.7. The molecule has 3 heteroatoms. The Bertz CT molecular complexity index is 197. The van der Waals surface area contributed by atoms with Crippen LogP contribution in [0.1, 0.15) is 52.9 Å². The smallest absolute Gasteiger partial charge is 0.0477 e. The second-order valence-electron chi connectivity index (χ2n) is 4.01. The third-order valence-corrected chi connectivity index (χ3v) is 2.84. The van der Waals surface area contributed by atoms with Crippen LogP contribution >= 0.6 is 0 Å². The van der Waals surface area contributed by atoms with Crippen molar-refractivity contribution in [1.29, 1.82) is 0 Å². The first-order valence-electron chi connectivity index (χ1n) is 6.10. The van der Waals surface area contributed by atoms with Crippen LogP contribution in [0.4, 0.5) is 0 Å². The summed E-state index contributed by atoms with van der Waals surface area (Å²) in [5.74, 6) is 6.22. The van der Waals surface area contributed by atoms with Gasteiger partial charge in [0.1, 0.15) is 0 Å². The zero-order chi connectivity index (χ0) is 11.8. The van der Waals surface area contributed by atoms with Crippen LogP contribution in [-0.2, 0) is 0 Å². The lowest BCUT2D eigenvalue weighted by atomic mass is 9.93. The third-order valence-electron chi connectivity index (χ3n) is 2.84. The molecule has 0 spiro atoms. The fourth-order valence-corrected chi connectivity index (χ4v) is 1.88. The molecule has 0 radical (unpaired) electrons. The first-order chi connectivity index (χ1) is 7.13. The lowest BCUT2D eigenvalue weighted by Gasteiger charge is -2.25. The molecule has 3 nitrogen and oxygen atoms in total. The van der Waals surface area contributed by atoms with Crippen molar-refractivity contribution in [3.8, 4) is 0 Å². The molecule has 0 aliphatic heterocycles. The van der Waals surface area contributed by atoms with Crippen LogP contribution in [0.2, 0.25) is 0 Å². The van der Waals surface area contributed by atoms with E-state index in [9.17, 15) is 0 Å². The van der Waals surface area contributed by atoms with Gasteiger partial charge in [-0.1, -0.05) is 33.6 Å². The van der Waals surface area contributed by atoms with Gasteiger partial charge in [-0.3, -0.25) is 0 Å². The Balaban J connectivity index is 0.000000921. The quantitative estimate of drug-likeness (QED) is 0.520. The maximum Gasteiger partial charge on any atom is 0.0477 e. The molecule has 1 atom stereocenters. The molecule has 0 fully saturated rings. The van der Waals surface area contributed by atoms with Crippen LogP contribution in [0.15, 0.2) is 11.4 Å². The molecule has 1 aliphatic rings. The second kappa shape index (κ2) is 7.57. The fourth-order valence-electron chi connectivity index (χ4n) is 1.88. The van der Waals surface area contributed by atoms with E-state index in [0.717, 1.165) is 17.8 Å². The summed E-state index contributed by atoms with van der Waals surface area (Å²) in [5.41, 5.74) is 8.17. The largest absolute Gasteiger partial charge is 0.400 e. The highest BCUT2D eigenvalue weighted by atomic mass is 15.4. The van der Waals surface area contributed by atoms with Gasteiger partial charge in [-0.05, 0) is 25.2 Å². The lowest BCUT2D eigenvalue weighted by molar-refractivity contribution is 0.382. The Labute approximate surface area is 94.5 Å². The highest BCUT2D eigenvalue weighted by Gasteiger charge is 2.15. The Morgan fingerprint density at radius 3 is 2.33 bits per heavy atom. The Morgan fingerprint density at radius 2 is 1.80 bits per heavy atom. The summed E-state index contributed by atoms with van der Waals surface area (Å²) in [5, 5.41) is 1.68. The minimum absolute atomic E-state index is 0.487. The molecule has 90 valence electrons. The van der Waals surface area contributed by atoms with E-state index in [2.05, 4.69) is 6.92 Å². The van der Waals surface area contributed by atoms with Gasteiger partial charge in [0.15, 0.2) is 0 Å². The lowest BCUT2D eigenvalue weighted by Crippen LogP contribution is -2.30. The molecular formula is C12H27N3. The summed E-state index contributed by atoms with van der Waals surface area (Å²) >= 11 is 0. The Morgan fingerprint density at radius 1 is 1.20 bits per heavy atom. The SMILES string of the molecule is CC.CC1CCCCC/C(N(C)N)=C\1N. The minimum Gasteiger partial charge on any atom is -0.400 e. The van der Waals surface area contributed by atoms with E-state index in [0.29, 0.717) is 5.92 Å². The topological polar surface area (TPSA) is 55.3 Å². The van der Waals surface area contributed by atoms with E-state index in [-0.39, 0.29) is 0 Å². The maximum absolute atomic E-state index is 6.05. The molecule has 0 saturated carbocycles. The summed E-state index contributed by atoms with van der Waals surface area (Å²) in [6, 6.07) is 0. The zero-order valence-corrected chi connectivity index (χ0v) is 10.7. The molecule has 0 saturated heterocycles. The highest BCUT2D eigenvalue weighted by molar-refractivity contribution is 5.12. The first kappa shape index (κ1) is 14.3. The number of hydrogen-bond acceptors (Lipinski definition) is 3. The molecule has 0 aromatic carbocycles. The predicted octanol–water partition coefficient (Wildman–Crippen LogP) is 2.59. The van der Waals surface area contributed by atoms with E-state index >= 15 is 0 Å². The van der Waals surface area contributed by atoms with Crippen molar-refractivity contribution in [1.82, 2.24) is 5.01 Å². The number of allylic oxidation sites excluding steroid dienone is 2. The van der Waals surface area contributed by atoms with Crippen molar-refractivity contribution in [2.24, 2.45) is 17.5 Å². The van der Waals surface area contributed by atoms with Gasteiger partial charge in [0.05, 0.1) is 0 Å². The summed E-state index contributed by atoms with van der Waals surface area (Å²) in [6.45, 7) is 6.18. The van der Waals surface area contributed by atoms with Crippen molar-refractivity contribution >= 4 is 0 Å². The molecule has 0 bridgehead atoms. The monoisotopic (exact) mass is 213 g/mol. The molecule has 1 unspecified atom stereocenters. The van der Waals surface area contributed by atoms with Gasteiger partial charge in [-0.15, -0.1) is 0 Å². The minimum atomic E-state index is 0.487. The summed E-state index contributed by atoms with van der Waals surface area (Å²) < 4.78 is 0. The van der Waals surface area contributed by atoms with Crippen molar-refractivity contribution in [3.05, 3.63) is 11.4 Å². The van der Waals surface area contributed by atoms with Gasteiger partial charge in [-0.2, -0.15) is 0 Å². The molecule has 4 N–H and O–H groups in total. The van der Waals surface area contributed by atoms with Gasteiger partial charge in [0.25, 0.3) is 0 Å². The summed E-state index contributed by atoms with van der Waals surface area (Å²) in [6.07, 6.45) is 6.04. The number of nitrogens with two attached hydrogens (primary N) is 2. The number of nitrogens with zero attached hydrogens (tertiary/aromatic N) is 1. The van der Waals surface area contributed by atoms with Gasteiger partial charge in [0, 0.05) is 18.4 Å². The standard InChI is InChI=1S/C10H21N3.C2H6/c1-8-6-4-3-5-7-9(10(8)11)13(2)12;1-2/h8H,3-7,11-12H2,1-2H3;1-2H3/b10-9-;. The van der Waals surface area contributed by atoms with Gasteiger partial charge < -0.3 is 10.7 Å². The average Bonchev–Trinajstić information content (AvgIpc) is 2.22. The van der Waals surface area contributed by atoms with E-state index < -0.39 is 0 Å². The Hall–Kier alpha value is -0.700. The van der Waals surface area contributed by atoms with E-state index in [1.54, 1.807) is 5.01 Å². The molecule has 0 aromatic heterocycles. The highest BCUT2D eigenvalue weighted by Crippen LogP contribution is 2.24. The molecule has 0 amide bonds. The molecule has 0 heterocycles. The van der Waals surface area contributed by atoms with Crippen molar-refractivity contribution < 1.29 is 0 Å². The predicted molar refractivity (Wildman–Crippen MR) is 66.8 cm³/mol. The number of rotatable bonds is 1. The van der Waals surface area contributed by atoms with E-state index in [4.69, 9.17) is 11.6 Å². The van der Waals surface area contributed by atoms with Crippen LogP contribution in [-0.4, -0.2) is 12.1 Å². The third kappa shape index (κ3) is 4.56. The molecular weight excluding hydrogens is 186 g/mol.